The van der Waals surface area contributed by atoms with E-state index in [1.165, 1.54) is 90.0 Å². The van der Waals surface area contributed by atoms with Crippen LogP contribution in [0.25, 0.3) is 78.6 Å². The molecule has 3 aromatic heterocycles. The van der Waals surface area contributed by atoms with Gasteiger partial charge in [-0.1, -0.05) is 109 Å². The Labute approximate surface area is 296 Å². The molecule has 0 N–H and O–H groups in total. The molecule has 2 nitrogen and oxygen atoms in total. The molecule has 4 heteroatoms. The summed E-state index contributed by atoms with van der Waals surface area (Å²) in [6.45, 7) is 0. The first-order valence-corrected chi connectivity index (χ1v) is 18.6. The van der Waals surface area contributed by atoms with E-state index < -0.39 is 0 Å². The number of rotatable bonds is 4. The van der Waals surface area contributed by atoms with Crippen molar-refractivity contribution in [3.05, 3.63) is 170 Å². The van der Waals surface area contributed by atoms with Crippen molar-refractivity contribution in [3.63, 3.8) is 0 Å². The molecule has 0 aliphatic rings. The predicted molar refractivity (Wildman–Crippen MR) is 219 cm³/mol. The Hall–Kier alpha value is -5.94. The average Bonchev–Trinajstić information content (AvgIpc) is 3.86. The van der Waals surface area contributed by atoms with E-state index in [0.29, 0.717) is 0 Å². The van der Waals surface area contributed by atoms with Gasteiger partial charge in [-0.05, 0) is 71.4 Å². The fourth-order valence-electron chi connectivity index (χ4n) is 7.99. The molecule has 0 atom stereocenters. The van der Waals surface area contributed by atoms with Gasteiger partial charge in [-0.25, -0.2) is 0 Å². The number of hydrogen-bond acceptors (Lipinski definition) is 3. The van der Waals surface area contributed by atoms with Crippen LogP contribution in [0.2, 0.25) is 0 Å². The molecule has 0 radical (unpaired) electrons. The highest BCUT2D eigenvalue weighted by Crippen LogP contribution is 2.51. The molecule has 0 aliphatic heterocycles. The van der Waals surface area contributed by atoms with Crippen molar-refractivity contribution in [1.29, 1.82) is 0 Å². The largest absolute Gasteiger partial charge is 0.309 e. The van der Waals surface area contributed by atoms with Gasteiger partial charge < -0.3 is 9.47 Å². The van der Waals surface area contributed by atoms with Crippen LogP contribution in [0.5, 0.6) is 0 Å². The highest BCUT2D eigenvalue weighted by Gasteiger charge is 2.24. The highest BCUT2D eigenvalue weighted by molar-refractivity contribution is 7.27. The monoisotopic (exact) mass is 672 g/mol. The number of benzene rings is 8. The molecule has 0 unspecified atom stereocenters. The Kier molecular flexibility index (Phi) is 6.03. The van der Waals surface area contributed by atoms with Crippen LogP contribution in [0.3, 0.4) is 0 Å². The smallest absolute Gasteiger partial charge is 0.0640 e. The molecule has 0 amide bonds. The third-order valence-corrected chi connectivity index (χ3v) is 12.6. The van der Waals surface area contributed by atoms with Crippen molar-refractivity contribution in [2.24, 2.45) is 0 Å². The second kappa shape index (κ2) is 10.8. The number of para-hydroxylation sites is 2. The summed E-state index contributed by atoms with van der Waals surface area (Å²) >= 11 is 3.78. The summed E-state index contributed by atoms with van der Waals surface area (Å²) in [5.74, 6) is 0. The lowest BCUT2D eigenvalue weighted by Crippen LogP contribution is -2.10. The lowest BCUT2D eigenvalue weighted by molar-refractivity contribution is 1.18. The normalized spacial score (nSPS) is 12.0. The number of anilines is 3. The average molecular weight is 673 g/mol. The molecule has 8 aromatic carbocycles. The van der Waals surface area contributed by atoms with Crippen molar-refractivity contribution in [3.8, 4) is 5.69 Å². The summed E-state index contributed by atoms with van der Waals surface area (Å²) in [7, 11) is 0. The summed E-state index contributed by atoms with van der Waals surface area (Å²) in [5, 5.41) is 10.2. The van der Waals surface area contributed by atoms with E-state index in [1.807, 2.05) is 22.7 Å². The second-order valence-corrected chi connectivity index (χ2v) is 15.0. The van der Waals surface area contributed by atoms with Gasteiger partial charge in [-0.2, -0.15) is 0 Å². The van der Waals surface area contributed by atoms with Crippen LogP contribution in [-0.2, 0) is 0 Å². The fraction of sp³-hybridized carbons (Fsp3) is 0. The molecule has 0 bridgehead atoms. The Morgan fingerprint density at radius 1 is 0.400 bits per heavy atom. The van der Waals surface area contributed by atoms with Crippen molar-refractivity contribution >= 4 is 113 Å². The minimum Gasteiger partial charge on any atom is -0.309 e. The first-order chi connectivity index (χ1) is 24.8. The van der Waals surface area contributed by atoms with E-state index in [9.17, 15) is 0 Å². The Bertz CT molecular complexity index is 3110. The predicted octanol–water partition coefficient (Wildman–Crippen LogP) is 14.1. The Balaban J connectivity index is 1.28. The molecule has 0 saturated heterocycles. The fourth-order valence-corrected chi connectivity index (χ4v) is 10.5. The summed E-state index contributed by atoms with van der Waals surface area (Å²) in [6, 6.07) is 62.4. The van der Waals surface area contributed by atoms with Gasteiger partial charge in [0.2, 0.25) is 0 Å². The molecule has 0 spiro atoms. The molecular weight excluding hydrogens is 645 g/mol. The number of hydrogen-bond donors (Lipinski definition) is 0. The van der Waals surface area contributed by atoms with Gasteiger partial charge in [0.25, 0.3) is 0 Å². The van der Waals surface area contributed by atoms with E-state index in [2.05, 4.69) is 179 Å². The van der Waals surface area contributed by atoms with E-state index in [0.717, 1.165) is 5.69 Å². The zero-order chi connectivity index (χ0) is 32.8. The van der Waals surface area contributed by atoms with Gasteiger partial charge in [-0.15, -0.1) is 22.7 Å². The summed E-state index contributed by atoms with van der Waals surface area (Å²) in [5.41, 5.74) is 7.12. The Morgan fingerprint density at radius 3 is 1.90 bits per heavy atom. The van der Waals surface area contributed by atoms with E-state index in [1.54, 1.807) is 0 Å². The van der Waals surface area contributed by atoms with Gasteiger partial charge in [-0.3, -0.25) is 0 Å². The number of nitrogens with zero attached hydrogens (tertiary/aromatic N) is 2. The molecule has 11 aromatic rings. The number of fused-ring (bicyclic) bond motifs is 11. The molecule has 3 heterocycles. The molecule has 0 saturated carbocycles. The lowest BCUT2D eigenvalue weighted by atomic mass is 10.0. The highest BCUT2D eigenvalue weighted by atomic mass is 32.1. The van der Waals surface area contributed by atoms with E-state index in [-0.39, 0.29) is 0 Å². The van der Waals surface area contributed by atoms with Crippen molar-refractivity contribution in [2.45, 2.75) is 0 Å². The van der Waals surface area contributed by atoms with E-state index >= 15 is 0 Å². The topological polar surface area (TPSA) is 8.17 Å². The quantitative estimate of drug-likeness (QED) is 0.181. The molecule has 50 heavy (non-hydrogen) atoms. The van der Waals surface area contributed by atoms with Crippen molar-refractivity contribution in [2.75, 3.05) is 4.90 Å². The Morgan fingerprint density at radius 2 is 1.04 bits per heavy atom. The van der Waals surface area contributed by atoms with Crippen LogP contribution in [0, 0.1) is 0 Å². The third-order valence-electron chi connectivity index (χ3n) is 10.1. The SMILES string of the molecule is c1ccc(-n2c3ccccc3c3cc(N(c4cccc5c4sc4ccccc45)c4cc5ccccc5c5sc6ccccc6c45)ccc32)cc1. The summed E-state index contributed by atoms with van der Waals surface area (Å²) in [6.07, 6.45) is 0. The number of aromatic nitrogens is 1. The van der Waals surface area contributed by atoms with Gasteiger partial charge in [0.05, 0.1) is 27.1 Å². The van der Waals surface area contributed by atoms with Gasteiger partial charge in [0.15, 0.2) is 0 Å². The molecule has 11 rings (SSSR count). The van der Waals surface area contributed by atoms with Gasteiger partial charge in [0, 0.05) is 57.8 Å². The van der Waals surface area contributed by atoms with Crippen LogP contribution in [0.1, 0.15) is 0 Å². The van der Waals surface area contributed by atoms with Gasteiger partial charge in [0.1, 0.15) is 0 Å². The van der Waals surface area contributed by atoms with Gasteiger partial charge >= 0.3 is 0 Å². The zero-order valence-electron chi connectivity index (χ0n) is 26.9. The maximum atomic E-state index is 2.54. The van der Waals surface area contributed by atoms with E-state index in [4.69, 9.17) is 0 Å². The van der Waals surface area contributed by atoms with Crippen LogP contribution in [-0.4, -0.2) is 4.57 Å². The van der Waals surface area contributed by atoms with Crippen molar-refractivity contribution in [1.82, 2.24) is 4.57 Å². The minimum absolute atomic E-state index is 1.14. The zero-order valence-corrected chi connectivity index (χ0v) is 28.5. The van der Waals surface area contributed by atoms with Crippen LogP contribution >= 0.6 is 22.7 Å². The number of thiophene rings is 2. The maximum Gasteiger partial charge on any atom is 0.0640 e. The van der Waals surface area contributed by atoms with Crippen molar-refractivity contribution < 1.29 is 0 Å². The van der Waals surface area contributed by atoms with Crippen LogP contribution in [0.4, 0.5) is 17.1 Å². The lowest BCUT2D eigenvalue weighted by Gasteiger charge is -2.28. The van der Waals surface area contributed by atoms with Crippen LogP contribution in [0.15, 0.2) is 170 Å². The first kappa shape index (κ1) is 28.0. The molecule has 234 valence electrons. The third kappa shape index (κ3) is 4.01. The second-order valence-electron chi connectivity index (χ2n) is 12.9. The first-order valence-electron chi connectivity index (χ1n) is 16.9. The summed E-state index contributed by atoms with van der Waals surface area (Å²) < 4.78 is 7.63. The molecule has 0 aliphatic carbocycles. The standard InChI is InChI=1S/C46H28N2S2/c1-2-14-30(15-3-1)47-38-21-9-6-17-33(38)37-28-31(25-26-39(37)47)48(40-22-12-20-35-34-18-7-10-23-42(34)49-45(35)40)41-27-29-13-4-5-16-32(29)46-44(41)36-19-8-11-24-43(36)50-46/h1-28H. The molecule has 0 fully saturated rings. The maximum absolute atomic E-state index is 2.54. The summed E-state index contributed by atoms with van der Waals surface area (Å²) in [4.78, 5) is 2.54. The molecular formula is C46H28N2S2. The van der Waals surface area contributed by atoms with Crippen LogP contribution < -0.4 is 4.90 Å². The minimum atomic E-state index is 1.14.